The van der Waals surface area contributed by atoms with E-state index in [4.69, 9.17) is 5.73 Å². The number of hydrogen-bond acceptors (Lipinski definition) is 3. The molecule has 0 aliphatic carbocycles. The number of rotatable bonds is 3. The molecular formula is C11H16FN3O. The predicted octanol–water partition coefficient (Wildman–Crippen LogP) is 1.30. The van der Waals surface area contributed by atoms with E-state index in [1.807, 2.05) is 0 Å². The Morgan fingerprint density at radius 3 is 2.62 bits per heavy atom. The lowest BCUT2D eigenvalue weighted by Crippen LogP contribution is -2.36. The fourth-order valence-corrected chi connectivity index (χ4v) is 1.33. The predicted molar refractivity (Wildman–Crippen MR) is 62.6 cm³/mol. The maximum absolute atomic E-state index is 13.4. The molecule has 1 aromatic rings. The van der Waals surface area contributed by atoms with E-state index in [1.165, 1.54) is 17.0 Å². The molecule has 0 aliphatic rings. The van der Waals surface area contributed by atoms with Gasteiger partial charge in [-0.2, -0.15) is 0 Å². The number of halogens is 1. The van der Waals surface area contributed by atoms with Crippen molar-refractivity contribution in [2.75, 3.05) is 25.1 Å². The van der Waals surface area contributed by atoms with Crippen molar-refractivity contribution in [3.8, 4) is 0 Å². The molecule has 16 heavy (non-hydrogen) atoms. The lowest BCUT2D eigenvalue weighted by atomic mass is 10.2. The second-order valence-electron chi connectivity index (χ2n) is 3.84. The number of nitrogens with two attached hydrogens (primary N) is 1. The maximum Gasteiger partial charge on any atom is 0.244 e. The molecule has 0 saturated heterocycles. The Hall–Kier alpha value is -1.78. The van der Waals surface area contributed by atoms with Crippen LogP contribution in [0, 0.1) is 5.82 Å². The topological polar surface area (TPSA) is 58.4 Å². The zero-order valence-corrected chi connectivity index (χ0v) is 9.62. The minimum Gasteiger partial charge on any atom is -0.399 e. The van der Waals surface area contributed by atoms with E-state index in [0.29, 0.717) is 5.69 Å². The van der Waals surface area contributed by atoms with Crippen molar-refractivity contribution in [2.45, 2.75) is 13.0 Å². The van der Waals surface area contributed by atoms with Gasteiger partial charge in [0, 0.05) is 19.8 Å². The lowest BCUT2D eigenvalue weighted by Gasteiger charge is -2.19. The van der Waals surface area contributed by atoms with Gasteiger partial charge >= 0.3 is 0 Å². The van der Waals surface area contributed by atoms with Crippen LogP contribution in [0.5, 0.6) is 0 Å². The van der Waals surface area contributed by atoms with Crippen molar-refractivity contribution in [3.63, 3.8) is 0 Å². The molecule has 1 atom stereocenters. The van der Waals surface area contributed by atoms with E-state index in [-0.39, 0.29) is 11.6 Å². The Kier molecular flexibility index (Phi) is 3.71. The number of nitrogen functional groups attached to an aromatic ring is 1. The van der Waals surface area contributed by atoms with E-state index in [0.717, 1.165) is 0 Å². The van der Waals surface area contributed by atoms with Crippen molar-refractivity contribution >= 4 is 17.3 Å². The largest absolute Gasteiger partial charge is 0.399 e. The zero-order chi connectivity index (χ0) is 12.3. The molecule has 88 valence electrons. The smallest absolute Gasteiger partial charge is 0.244 e. The summed E-state index contributed by atoms with van der Waals surface area (Å²) < 4.78 is 13.4. The van der Waals surface area contributed by atoms with Gasteiger partial charge in [-0.1, -0.05) is 0 Å². The highest BCUT2D eigenvalue weighted by Gasteiger charge is 2.15. The summed E-state index contributed by atoms with van der Waals surface area (Å²) in [7, 11) is 3.31. The van der Waals surface area contributed by atoms with Crippen LogP contribution in [-0.4, -0.2) is 30.9 Å². The third-order valence-corrected chi connectivity index (χ3v) is 2.18. The molecule has 0 saturated carbocycles. The van der Waals surface area contributed by atoms with Gasteiger partial charge in [0.25, 0.3) is 0 Å². The molecule has 3 N–H and O–H groups in total. The van der Waals surface area contributed by atoms with Gasteiger partial charge in [0.15, 0.2) is 0 Å². The minimum atomic E-state index is -0.479. The Morgan fingerprint density at radius 1 is 1.50 bits per heavy atom. The number of likely N-dealkylation sites (N-methyl/N-ethyl adjacent to an activating group) is 1. The molecule has 4 nitrogen and oxygen atoms in total. The second-order valence-corrected chi connectivity index (χ2v) is 3.84. The fourth-order valence-electron chi connectivity index (χ4n) is 1.33. The third kappa shape index (κ3) is 2.85. The Bertz CT molecular complexity index is 393. The number of nitrogens with zero attached hydrogens (tertiary/aromatic N) is 1. The van der Waals surface area contributed by atoms with Gasteiger partial charge in [0.2, 0.25) is 5.91 Å². The molecule has 1 amide bonds. The third-order valence-electron chi connectivity index (χ3n) is 2.18. The number of hydrogen-bond donors (Lipinski definition) is 2. The Labute approximate surface area is 94.2 Å². The molecule has 5 heteroatoms. The number of anilines is 2. The molecule has 0 fully saturated rings. The highest BCUT2D eigenvalue weighted by atomic mass is 19.1. The highest BCUT2D eigenvalue weighted by Crippen LogP contribution is 2.17. The van der Waals surface area contributed by atoms with Crippen molar-refractivity contribution in [1.82, 2.24) is 4.90 Å². The van der Waals surface area contributed by atoms with Crippen LogP contribution in [0.2, 0.25) is 0 Å². The molecule has 1 rings (SSSR count). The zero-order valence-electron chi connectivity index (χ0n) is 9.62. The van der Waals surface area contributed by atoms with Crippen LogP contribution >= 0.6 is 0 Å². The van der Waals surface area contributed by atoms with Gasteiger partial charge in [-0.3, -0.25) is 4.79 Å². The van der Waals surface area contributed by atoms with Crippen molar-refractivity contribution in [3.05, 3.63) is 24.0 Å². The first-order valence-electron chi connectivity index (χ1n) is 4.94. The summed E-state index contributed by atoms with van der Waals surface area (Å²) in [6.07, 6.45) is 0. The quantitative estimate of drug-likeness (QED) is 0.762. The number of nitrogens with one attached hydrogen (secondary N) is 1. The fraction of sp³-hybridized carbons (Fsp3) is 0.364. The average molecular weight is 225 g/mol. The number of carbonyl (C=O) groups excluding carboxylic acids is 1. The minimum absolute atomic E-state index is 0.115. The first-order chi connectivity index (χ1) is 7.41. The molecule has 0 aromatic heterocycles. The normalized spacial score (nSPS) is 12.0. The maximum atomic E-state index is 13.4. The summed E-state index contributed by atoms with van der Waals surface area (Å²) in [4.78, 5) is 13.0. The molecule has 0 heterocycles. The molecule has 0 spiro atoms. The van der Waals surface area contributed by atoms with E-state index in [1.54, 1.807) is 27.1 Å². The summed E-state index contributed by atoms with van der Waals surface area (Å²) in [6.45, 7) is 1.68. The van der Waals surface area contributed by atoms with Gasteiger partial charge in [-0.15, -0.1) is 0 Å². The van der Waals surface area contributed by atoms with Gasteiger partial charge < -0.3 is 16.0 Å². The summed E-state index contributed by atoms with van der Waals surface area (Å²) in [5, 5.41) is 2.80. The first-order valence-corrected chi connectivity index (χ1v) is 4.94. The van der Waals surface area contributed by atoms with E-state index in [2.05, 4.69) is 5.32 Å². The highest BCUT2D eigenvalue weighted by molar-refractivity contribution is 5.83. The molecule has 1 unspecified atom stereocenters. The monoisotopic (exact) mass is 225 g/mol. The van der Waals surface area contributed by atoms with Crippen LogP contribution in [0.4, 0.5) is 15.8 Å². The average Bonchev–Trinajstić information content (AvgIpc) is 2.20. The van der Waals surface area contributed by atoms with Crippen LogP contribution in [-0.2, 0) is 4.79 Å². The van der Waals surface area contributed by atoms with Crippen LogP contribution in [0.15, 0.2) is 18.2 Å². The Balaban J connectivity index is 2.77. The standard InChI is InChI=1S/C11H16FN3O/c1-7(11(16)15(2)3)14-10-5-4-8(13)6-9(10)12/h4-7,14H,13H2,1-3H3. The van der Waals surface area contributed by atoms with Crippen LogP contribution < -0.4 is 11.1 Å². The number of benzene rings is 1. The van der Waals surface area contributed by atoms with Crippen molar-refractivity contribution in [1.29, 1.82) is 0 Å². The van der Waals surface area contributed by atoms with Crippen molar-refractivity contribution in [2.24, 2.45) is 0 Å². The van der Waals surface area contributed by atoms with Gasteiger partial charge in [0.05, 0.1) is 5.69 Å². The summed E-state index contributed by atoms with van der Waals surface area (Å²) in [5.41, 5.74) is 6.05. The van der Waals surface area contributed by atoms with Crippen molar-refractivity contribution < 1.29 is 9.18 Å². The molecule has 1 aromatic carbocycles. The second kappa shape index (κ2) is 4.83. The molecule has 0 aliphatic heterocycles. The van der Waals surface area contributed by atoms with Gasteiger partial charge in [-0.25, -0.2) is 4.39 Å². The van der Waals surface area contributed by atoms with E-state index in [9.17, 15) is 9.18 Å². The van der Waals surface area contributed by atoms with E-state index >= 15 is 0 Å². The Morgan fingerprint density at radius 2 is 2.12 bits per heavy atom. The summed E-state index contributed by atoms with van der Waals surface area (Å²) in [5.74, 6) is -0.574. The lowest BCUT2D eigenvalue weighted by molar-refractivity contribution is -0.129. The summed E-state index contributed by atoms with van der Waals surface area (Å²) >= 11 is 0. The molecular weight excluding hydrogens is 209 g/mol. The molecule has 0 bridgehead atoms. The number of carbonyl (C=O) groups is 1. The van der Waals surface area contributed by atoms with Gasteiger partial charge in [0.1, 0.15) is 11.9 Å². The number of amides is 1. The molecule has 0 radical (unpaired) electrons. The summed E-state index contributed by atoms with van der Waals surface area (Å²) in [6, 6.07) is 3.84. The first kappa shape index (κ1) is 12.3. The van der Waals surface area contributed by atoms with Crippen LogP contribution in [0.3, 0.4) is 0 Å². The van der Waals surface area contributed by atoms with Crippen LogP contribution in [0.25, 0.3) is 0 Å². The SMILES string of the molecule is CC(Nc1ccc(N)cc1F)C(=O)N(C)C. The van der Waals surface area contributed by atoms with E-state index < -0.39 is 11.9 Å². The van der Waals surface area contributed by atoms with Crippen LogP contribution in [0.1, 0.15) is 6.92 Å². The van der Waals surface area contributed by atoms with Gasteiger partial charge in [-0.05, 0) is 25.1 Å².